The summed E-state index contributed by atoms with van der Waals surface area (Å²) in [7, 11) is 0. The lowest BCUT2D eigenvalue weighted by molar-refractivity contribution is 0.0322. The van der Waals surface area contributed by atoms with Gasteiger partial charge in [0.1, 0.15) is 18.0 Å². The molecule has 2 heterocycles. The summed E-state index contributed by atoms with van der Waals surface area (Å²) in [5.41, 5.74) is 1.53. The van der Waals surface area contributed by atoms with Crippen molar-refractivity contribution in [3.8, 4) is 5.75 Å². The third-order valence-corrected chi connectivity index (χ3v) is 5.75. The molecule has 2 aliphatic heterocycles. The number of aliphatic hydroxyl groups is 1. The van der Waals surface area contributed by atoms with E-state index in [0.717, 1.165) is 63.7 Å². The predicted octanol–water partition coefficient (Wildman–Crippen LogP) is 2.49. The second kappa shape index (κ2) is 9.05. The maximum Gasteiger partial charge on any atom is 0.119 e. The summed E-state index contributed by atoms with van der Waals surface area (Å²) in [6.07, 6.45) is 0.778. The Kier molecular flexibility index (Phi) is 6.27. The van der Waals surface area contributed by atoms with Crippen LogP contribution in [-0.2, 0) is 16.9 Å². The van der Waals surface area contributed by atoms with E-state index in [-0.39, 0.29) is 0 Å². The second-order valence-corrected chi connectivity index (χ2v) is 7.80. The normalized spacial score (nSPS) is 23.8. The molecule has 2 aliphatic rings. The van der Waals surface area contributed by atoms with E-state index in [2.05, 4.69) is 21.9 Å². The molecule has 2 aromatic carbocycles. The number of likely N-dealkylation sites (tertiary alicyclic amines) is 1. The molecule has 2 saturated heterocycles. The van der Waals surface area contributed by atoms with Gasteiger partial charge in [-0.3, -0.25) is 9.80 Å². The van der Waals surface area contributed by atoms with Crippen molar-refractivity contribution in [2.75, 3.05) is 52.5 Å². The molecule has 1 atom stereocenters. The molecule has 1 unspecified atom stereocenters. The van der Waals surface area contributed by atoms with E-state index >= 15 is 0 Å². The van der Waals surface area contributed by atoms with Gasteiger partial charge in [-0.15, -0.1) is 0 Å². The van der Waals surface area contributed by atoms with Crippen molar-refractivity contribution in [3.63, 3.8) is 0 Å². The van der Waals surface area contributed by atoms with Crippen molar-refractivity contribution in [2.45, 2.75) is 18.6 Å². The first-order chi connectivity index (χ1) is 13.7. The minimum absolute atomic E-state index is 0.675. The molecule has 0 saturated carbocycles. The van der Waals surface area contributed by atoms with Crippen LogP contribution in [0.25, 0.3) is 0 Å². The molecule has 0 radical (unpaired) electrons. The predicted molar refractivity (Wildman–Crippen MR) is 109 cm³/mol. The highest BCUT2D eigenvalue weighted by Gasteiger charge is 2.37. The lowest BCUT2D eigenvalue weighted by Crippen LogP contribution is -2.38. The zero-order chi connectivity index (χ0) is 19.2. The molecule has 4 rings (SSSR count). The van der Waals surface area contributed by atoms with Crippen LogP contribution in [0.4, 0.5) is 0 Å². The highest BCUT2D eigenvalue weighted by atomic mass is 16.5. The molecule has 0 bridgehead atoms. The molecule has 5 heteroatoms. The summed E-state index contributed by atoms with van der Waals surface area (Å²) in [6, 6.07) is 18.4. The Morgan fingerprint density at radius 2 is 1.68 bits per heavy atom. The number of hydrogen-bond acceptors (Lipinski definition) is 5. The van der Waals surface area contributed by atoms with Crippen LogP contribution in [0.15, 0.2) is 54.6 Å². The van der Waals surface area contributed by atoms with Gasteiger partial charge < -0.3 is 14.6 Å². The van der Waals surface area contributed by atoms with Gasteiger partial charge in [-0.2, -0.15) is 0 Å². The quantitative estimate of drug-likeness (QED) is 0.797. The topological polar surface area (TPSA) is 45.2 Å². The van der Waals surface area contributed by atoms with Crippen molar-refractivity contribution < 1.29 is 14.6 Å². The van der Waals surface area contributed by atoms with E-state index in [9.17, 15) is 5.11 Å². The van der Waals surface area contributed by atoms with E-state index < -0.39 is 5.60 Å². The lowest BCUT2D eigenvalue weighted by Gasteiger charge is -2.26. The van der Waals surface area contributed by atoms with E-state index in [1.807, 2.05) is 42.5 Å². The fourth-order valence-corrected chi connectivity index (χ4v) is 4.06. The number of nitrogens with zero attached hydrogens (tertiary/aromatic N) is 2. The SMILES string of the molecule is OC1(c2ccccc2)CCN(Cc2ccc(OCCN3CCOCC3)cc2)C1. The van der Waals surface area contributed by atoms with Crippen LogP contribution in [0.5, 0.6) is 5.75 Å². The van der Waals surface area contributed by atoms with Gasteiger partial charge >= 0.3 is 0 Å². The third-order valence-electron chi connectivity index (χ3n) is 5.75. The monoisotopic (exact) mass is 382 g/mol. The van der Waals surface area contributed by atoms with Crippen LogP contribution in [0, 0.1) is 0 Å². The summed E-state index contributed by atoms with van der Waals surface area (Å²) >= 11 is 0. The molecule has 0 aliphatic carbocycles. The summed E-state index contributed by atoms with van der Waals surface area (Å²) in [6.45, 7) is 7.71. The van der Waals surface area contributed by atoms with E-state index in [1.54, 1.807) is 0 Å². The van der Waals surface area contributed by atoms with Crippen molar-refractivity contribution in [2.24, 2.45) is 0 Å². The van der Waals surface area contributed by atoms with Gasteiger partial charge in [0, 0.05) is 39.3 Å². The Labute approximate surface area is 167 Å². The Hall–Kier alpha value is -1.92. The van der Waals surface area contributed by atoms with E-state index in [1.165, 1.54) is 5.56 Å². The molecule has 0 aromatic heterocycles. The molecule has 0 amide bonds. The van der Waals surface area contributed by atoms with Gasteiger partial charge in [-0.05, 0) is 29.7 Å². The van der Waals surface area contributed by atoms with Gasteiger partial charge in [0.15, 0.2) is 0 Å². The molecule has 1 N–H and O–H groups in total. The van der Waals surface area contributed by atoms with Crippen molar-refractivity contribution >= 4 is 0 Å². The van der Waals surface area contributed by atoms with Crippen molar-refractivity contribution in [3.05, 3.63) is 65.7 Å². The second-order valence-electron chi connectivity index (χ2n) is 7.80. The average Bonchev–Trinajstić information content (AvgIpc) is 3.13. The first-order valence-electron chi connectivity index (χ1n) is 10.2. The highest BCUT2D eigenvalue weighted by Crippen LogP contribution is 2.32. The number of rotatable bonds is 7. The zero-order valence-corrected chi connectivity index (χ0v) is 16.4. The molecular formula is C23H30N2O3. The molecular weight excluding hydrogens is 352 g/mol. The summed E-state index contributed by atoms with van der Waals surface area (Å²) in [5.74, 6) is 0.916. The first kappa shape index (κ1) is 19.4. The minimum Gasteiger partial charge on any atom is -0.492 e. The Balaban J connectivity index is 1.24. The highest BCUT2D eigenvalue weighted by molar-refractivity contribution is 5.28. The summed E-state index contributed by atoms with van der Waals surface area (Å²) in [5, 5.41) is 11.0. The van der Waals surface area contributed by atoms with Crippen LogP contribution in [-0.4, -0.2) is 67.5 Å². The first-order valence-corrected chi connectivity index (χ1v) is 10.2. The Bertz CT molecular complexity index is 731. The molecule has 28 heavy (non-hydrogen) atoms. The number of ether oxygens (including phenoxy) is 2. The molecule has 2 aromatic rings. The number of β-amino-alcohol motifs (C(OH)–C–C–N with tert-alkyl or cyclic N) is 1. The summed E-state index contributed by atoms with van der Waals surface area (Å²) < 4.78 is 11.3. The smallest absolute Gasteiger partial charge is 0.119 e. The molecule has 2 fully saturated rings. The van der Waals surface area contributed by atoms with Gasteiger partial charge in [-0.1, -0.05) is 42.5 Å². The van der Waals surface area contributed by atoms with Crippen molar-refractivity contribution in [1.29, 1.82) is 0 Å². The summed E-state index contributed by atoms with van der Waals surface area (Å²) in [4.78, 5) is 4.69. The fourth-order valence-electron chi connectivity index (χ4n) is 4.06. The fraction of sp³-hybridized carbons (Fsp3) is 0.478. The van der Waals surface area contributed by atoms with Gasteiger partial charge in [-0.25, -0.2) is 0 Å². The Morgan fingerprint density at radius 1 is 0.929 bits per heavy atom. The van der Waals surface area contributed by atoms with Gasteiger partial charge in [0.05, 0.1) is 13.2 Å². The maximum atomic E-state index is 11.0. The van der Waals surface area contributed by atoms with Crippen molar-refractivity contribution in [1.82, 2.24) is 9.80 Å². The standard InChI is InChI=1S/C23H30N2O3/c26-23(21-4-2-1-3-5-21)10-11-25(19-23)18-20-6-8-22(9-7-20)28-17-14-24-12-15-27-16-13-24/h1-9,26H,10-19H2. The van der Waals surface area contributed by atoms with Crippen LogP contribution in [0.1, 0.15) is 17.5 Å². The van der Waals surface area contributed by atoms with Crippen LogP contribution in [0.3, 0.4) is 0 Å². The zero-order valence-electron chi connectivity index (χ0n) is 16.4. The maximum absolute atomic E-state index is 11.0. The van der Waals surface area contributed by atoms with Crippen LogP contribution in [0.2, 0.25) is 0 Å². The molecule has 5 nitrogen and oxygen atoms in total. The number of morpholine rings is 1. The van der Waals surface area contributed by atoms with Gasteiger partial charge in [0.2, 0.25) is 0 Å². The third kappa shape index (κ3) is 4.92. The minimum atomic E-state index is -0.732. The number of hydrogen-bond donors (Lipinski definition) is 1. The largest absolute Gasteiger partial charge is 0.492 e. The lowest BCUT2D eigenvalue weighted by atomic mass is 9.93. The number of benzene rings is 2. The average molecular weight is 383 g/mol. The van der Waals surface area contributed by atoms with E-state index in [4.69, 9.17) is 9.47 Å². The van der Waals surface area contributed by atoms with E-state index in [0.29, 0.717) is 13.2 Å². The molecule has 150 valence electrons. The van der Waals surface area contributed by atoms with Crippen LogP contribution >= 0.6 is 0 Å². The van der Waals surface area contributed by atoms with Crippen LogP contribution < -0.4 is 4.74 Å². The van der Waals surface area contributed by atoms with Gasteiger partial charge in [0.25, 0.3) is 0 Å². The Morgan fingerprint density at radius 3 is 2.43 bits per heavy atom. The molecule has 0 spiro atoms.